The Morgan fingerprint density at radius 2 is 1.96 bits per heavy atom. The smallest absolute Gasteiger partial charge is 0.318 e. The predicted molar refractivity (Wildman–Crippen MR) is 90.8 cm³/mol. The number of hydrogen-bond donors (Lipinski definition) is 1. The van der Waals surface area contributed by atoms with E-state index >= 15 is 0 Å². The standard InChI is InChI=1S/C19H21F2N3O/c1-12(14-6-9-16(20)17(21)11-14)23-19(25)24(15-7-8-15)13(2)18-5-3-4-10-22-18/h3-6,9-13,15H,7-8H2,1-2H3,(H,23,25)/t12-,13+/m1/s1. The summed E-state index contributed by atoms with van der Waals surface area (Å²) in [7, 11) is 0. The first-order valence-corrected chi connectivity index (χ1v) is 8.42. The normalized spacial score (nSPS) is 16.2. The van der Waals surface area contributed by atoms with Gasteiger partial charge in [0.2, 0.25) is 0 Å². The van der Waals surface area contributed by atoms with Crippen LogP contribution < -0.4 is 5.32 Å². The van der Waals surface area contributed by atoms with Crippen LogP contribution in [0, 0.1) is 11.6 Å². The number of benzene rings is 1. The first-order chi connectivity index (χ1) is 12.0. The molecule has 0 radical (unpaired) electrons. The number of pyridine rings is 1. The van der Waals surface area contributed by atoms with Crippen LogP contribution >= 0.6 is 0 Å². The fraction of sp³-hybridized carbons (Fsp3) is 0.368. The first kappa shape index (κ1) is 17.3. The van der Waals surface area contributed by atoms with Crippen LogP contribution in [0.25, 0.3) is 0 Å². The van der Waals surface area contributed by atoms with Crippen LogP contribution in [0.1, 0.15) is 50.0 Å². The number of carbonyl (C=O) groups excluding carboxylic acids is 1. The summed E-state index contributed by atoms with van der Waals surface area (Å²) in [4.78, 5) is 18.9. The minimum absolute atomic E-state index is 0.161. The highest BCUT2D eigenvalue weighted by molar-refractivity contribution is 5.76. The third-order valence-corrected chi connectivity index (χ3v) is 4.49. The van der Waals surface area contributed by atoms with Crippen LogP contribution in [0.2, 0.25) is 0 Å². The lowest BCUT2D eigenvalue weighted by atomic mass is 10.1. The van der Waals surface area contributed by atoms with Crippen LogP contribution in [0.3, 0.4) is 0 Å². The van der Waals surface area contributed by atoms with Crippen molar-refractivity contribution in [3.05, 3.63) is 65.5 Å². The van der Waals surface area contributed by atoms with E-state index in [0.717, 1.165) is 30.7 Å². The predicted octanol–water partition coefficient (Wildman–Crippen LogP) is 4.36. The van der Waals surface area contributed by atoms with Crippen molar-refractivity contribution in [2.75, 3.05) is 0 Å². The van der Waals surface area contributed by atoms with Gasteiger partial charge in [0.1, 0.15) is 0 Å². The molecule has 1 fully saturated rings. The van der Waals surface area contributed by atoms with Gasteiger partial charge in [-0.1, -0.05) is 12.1 Å². The van der Waals surface area contributed by atoms with Crippen molar-refractivity contribution >= 4 is 6.03 Å². The Labute approximate surface area is 145 Å². The lowest BCUT2D eigenvalue weighted by Gasteiger charge is -2.30. The molecule has 0 spiro atoms. The van der Waals surface area contributed by atoms with E-state index in [4.69, 9.17) is 0 Å². The summed E-state index contributed by atoms with van der Waals surface area (Å²) in [6.45, 7) is 3.70. The molecule has 1 aliphatic carbocycles. The molecule has 1 heterocycles. The minimum atomic E-state index is -0.917. The second-order valence-electron chi connectivity index (χ2n) is 6.41. The summed E-state index contributed by atoms with van der Waals surface area (Å²) in [5.74, 6) is -1.81. The second kappa shape index (κ2) is 7.17. The summed E-state index contributed by atoms with van der Waals surface area (Å²) < 4.78 is 26.5. The number of rotatable bonds is 5. The Balaban J connectivity index is 1.74. The lowest BCUT2D eigenvalue weighted by Crippen LogP contribution is -2.44. The molecule has 1 aliphatic rings. The van der Waals surface area contributed by atoms with Crippen LogP contribution in [0.15, 0.2) is 42.6 Å². The molecule has 2 atom stereocenters. The second-order valence-corrected chi connectivity index (χ2v) is 6.41. The van der Waals surface area contributed by atoms with Gasteiger partial charge in [-0.2, -0.15) is 0 Å². The SMILES string of the molecule is C[C@@H](NC(=O)N(C1CC1)[C@@H](C)c1ccccn1)c1ccc(F)c(F)c1. The molecule has 0 saturated heterocycles. The molecule has 1 aromatic carbocycles. The van der Waals surface area contributed by atoms with Gasteiger partial charge in [0.15, 0.2) is 11.6 Å². The van der Waals surface area contributed by atoms with Crippen molar-refractivity contribution < 1.29 is 13.6 Å². The molecule has 4 nitrogen and oxygen atoms in total. The average Bonchev–Trinajstić information content (AvgIpc) is 3.43. The van der Waals surface area contributed by atoms with E-state index in [1.54, 1.807) is 18.0 Å². The highest BCUT2D eigenvalue weighted by Gasteiger charge is 2.37. The summed E-state index contributed by atoms with van der Waals surface area (Å²) >= 11 is 0. The zero-order chi connectivity index (χ0) is 18.0. The molecular formula is C19H21F2N3O. The number of halogens is 2. The summed E-state index contributed by atoms with van der Waals surface area (Å²) in [6, 6.07) is 8.66. The molecule has 132 valence electrons. The van der Waals surface area contributed by atoms with Crippen molar-refractivity contribution in [3.63, 3.8) is 0 Å². The fourth-order valence-corrected chi connectivity index (χ4v) is 2.90. The van der Waals surface area contributed by atoms with Crippen molar-refractivity contribution in [2.45, 2.75) is 44.8 Å². The van der Waals surface area contributed by atoms with Gasteiger partial charge >= 0.3 is 6.03 Å². The van der Waals surface area contributed by atoms with E-state index in [2.05, 4.69) is 10.3 Å². The maximum absolute atomic E-state index is 13.4. The van der Waals surface area contributed by atoms with Crippen LogP contribution in [-0.2, 0) is 0 Å². The molecule has 2 aromatic rings. The molecule has 6 heteroatoms. The van der Waals surface area contributed by atoms with Gasteiger partial charge in [-0.25, -0.2) is 13.6 Å². The number of hydrogen-bond acceptors (Lipinski definition) is 2. The van der Waals surface area contributed by atoms with Crippen LogP contribution in [0.5, 0.6) is 0 Å². The van der Waals surface area contributed by atoms with E-state index in [0.29, 0.717) is 5.56 Å². The molecule has 25 heavy (non-hydrogen) atoms. The third kappa shape index (κ3) is 3.95. The van der Waals surface area contributed by atoms with Crippen molar-refractivity contribution in [2.24, 2.45) is 0 Å². The molecule has 1 saturated carbocycles. The molecule has 0 unspecified atom stereocenters. The molecule has 1 aromatic heterocycles. The first-order valence-electron chi connectivity index (χ1n) is 8.42. The third-order valence-electron chi connectivity index (χ3n) is 4.49. The Morgan fingerprint density at radius 1 is 1.20 bits per heavy atom. The molecule has 0 aliphatic heterocycles. The van der Waals surface area contributed by atoms with Gasteiger partial charge in [0.05, 0.1) is 17.8 Å². The number of nitrogens with one attached hydrogen (secondary N) is 1. The number of amides is 2. The van der Waals surface area contributed by atoms with E-state index in [1.807, 2.05) is 25.1 Å². The Morgan fingerprint density at radius 3 is 2.56 bits per heavy atom. The average molecular weight is 345 g/mol. The van der Waals surface area contributed by atoms with Gasteiger partial charge < -0.3 is 10.2 Å². The maximum Gasteiger partial charge on any atom is 0.318 e. The van der Waals surface area contributed by atoms with Gasteiger partial charge in [-0.3, -0.25) is 4.98 Å². The van der Waals surface area contributed by atoms with E-state index < -0.39 is 17.7 Å². The monoisotopic (exact) mass is 345 g/mol. The molecule has 3 rings (SSSR count). The summed E-state index contributed by atoms with van der Waals surface area (Å²) in [5, 5.41) is 2.89. The highest BCUT2D eigenvalue weighted by atomic mass is 19.2. The number of aromatic nitrogens is 1. The molecule has 1 N–H and O–H groups in total. The van der Waals surface area contributed by atoms with Gasteiger partial charge in [0.25, 0.3) is 0 Å². The largest absolute Gasteiger partial charge is 0.331 e. The summed E-state index contributed by atoms with van der Waals surface area (Å²) in [6.07, 6.45) is 3.63. The number of nitrogens with zero attached hydrogens (tertiary/aromatic N) is 2. The fourth-order valence-electron chi connectivity index (χ4n) is 2.90. The molecule has 0 bridgehead atoms. The lowest BCUT2D eigenvalue weighted by molar-refractivity contribution is 0.170. The van der Waals surface area contributed by atoms with Gasteiger partial charge in [-0.15, -0.1) is 0 Å². The van der Waals surface area contributed by atoms with Crippen LogP contribution in [-0.4, -0.2) is 22.0 Å². The summed E-state index contributed by atoms with van der Waals surface area (Å²) in [5.41, 5.74) is 1.35. The quantitative estimate of drug-likeness (QED) is 0.875. The van der Waals surface area contributed by atoms with Crippen LogP contribution in [0.4, 0.5) is 13.6 Å². The van der Waals surface area contributed by atoms with E-state index in [-0.39, 0.29) is 18.1 Å². The zero-order valence-corrected chi connectivity index (χ0v) is 14.2. The Kier molecular flexibility index (Phi) is 4.97. The highest BCUT2D eigenvalue weighted by Crippen LogP contribution is 2.34. The van der Waals surface area contributed by atoms with Crippen molar-refractivity contribution in [1.29, 1.82) is 0 Å². The minimum Gasteiger partial charge on any atom is -0.331 e. The number of carbonyl (C=O) groups is 1. The Hall–Kier alpha value is -2.50. The van der Waals surface area contributed by atoms with Crippen molar-refractivity contribution in [3.8, 4) is 0 Å². The number of urea groups is 1. The molecule has 2 amide bonds. The van der Waals surface area contributed by atoms with E-state index in [1.165, 1.54) is 6.07 Å². The topological polar surface area (TPSA) is 45.2 Å². The van der Waals surface area contributed by atoms with Gasteiger partial charge in [-0.05, 0) is 56.5 Å². The maximum atomic E-state index is 13.4. The Bertz CT molecular complexity index is 750. The zero-order valence-electron chi connectivity index (χ0n) is 14.2. The molecular weight excluding hydrogens is 324 g/mol. The van der Waals surface area contributed by atoms with E-state index in [9.17, 15) is 13.6 Å². The van der Waals surface area contributed by atoms with Crippen molar-refractivity contribution in [1.82, 2.24) is 15.2 Å². The van der Waals surface area contributed by atoms with Gasteiger partial charge in [0, 0.05) is 12.2 Å².